The van der Waals surface area contributed by atoms with Crippen LogP contribution in [0, 0.1) is 0 Å². The van der Waals surface area contributed by atoms with Crippen LogP contribution >= 0.6 is 11.6 Å². The van der Waals surface area contributed by atoms with Crippen LogP contribution in [0.3, 0.4) is 0 Å². The molecular formula is C22H16ClN3O2. The van der Waals surface area contributed by atoms with Crippen LogP contribution in [-0.4, -0.2) is 23.0 Å². The van der Waals surface area contributed by atoms with E-state index in [1.165, 1.54) is 4.68 Å². The Balaban J connectivity index is 1.94. The van der Waals surface area contributed by atoms with Crippen LogP contribution in [0.2, 0.25) is 5.02 Å². The first-order chi connectivity index (χ1) is 13.7. The molecule has 0 spiro atoms. The third-order valence-corrected chi connectivity index (χ3v) is 4.52. The number of halogens is 1. The van der Waals surface area contributed by atoms with E-state index in [2.05, 4.69) is 10.1 Å². The number of aromatic nitrogens is 2. The average Bonchev–Trinajstić information content (AvgIpc) is 2.74. The number of rotatable bonds is 4. The van der Waals surface area contributed by atoms with Crippen molar-refractivity contribution in [3.8, 4) is 17.1 Å². The normalized spacial score (nSPS) is 11.2. The molecule has 0 atom stereocenters. The van der Waals surface area contributed by atoms with Crippen molar-refractivity contribution in [1.29, 1.82) is 0 Å². The van der Waals surface area contributed by atoms with Crippen molar-refractivity contribution >= 4 is 28.7 Å². The van der Waals surface area contributed by atoms with Gasteiger partial charge in [-0.05, 0) is 30.3 Å². The lowest BCUT2D eigenvalue weighted by Crippen LogP contribution is -2.20. The van der Waals surface area contributed by atoms with Crippen LogP contribution in [0.25, 0.3) is 22.3 Å². The van der Waals surface area contributed by atoms with E-state index in [1.807, 2.05) is 48.5 Å². The summed E-state index contributed by atoms with van der Waals surface area (Å²) in [5.41, 5.74) is 1.83. The number of hydrogen-bond acceptors (Lipinski definition) is 4. The number of ether oxygens (including phenoxy) is 1. The molecule has 3 aromatic carbocycles. The molecule has 0 bridgehead atoms. The van der Waals surface area contributed by atoms with Crippen LogP contribution in [0.4, 0.5) is 0 Å². The number of benzene rings is 3. The number of nitrogens with zero attached hydrogens (tertiary/aromatic N) is 3. The van der Waals surface area contributed by atoms with E-state index in [1.54, 1.807) is 37.6 Å². The summed E-state index contributed by atoms with van der Waals surface area (Å²) in [5, 5.41) is 5.48. The smallest absolute Gasteiger partial charge is 0.282 e. The summed E-state index contributed by atoms with van der Waals surface area (Å²) >= 11 is 6.09. The van der Waals surface area contributed by atoms with Crippen LogP contribution < -0.4 is 10.3 Å². The van der Waals surface area contributed by atoms with Crippen molar-refractivity contribution in [3.63, 3.8) is 0 Å². The highest BCUT2D eigenvalue weighted by Gasteiger charge is 2.12. The summed E-state index contributed by atoms with van der Waals surface area (Å²) in [6, 6.07) is 21.9. The van der Waals surface area contributed by atoms with E-state index >= 15 is 0 Å². The number of para-hydroxylation sites is 1. The quantitative estimate of drug-likeness (QED) is 0.479. The molecule has 0 radical (unpaired) electrons. The minimum atomic E-state index is -0.248. The zero-order valence-corrected chi connectivity index (χ0v) is 15.8. The van der Waals surface area contributed by atoms with E-state index in [4.69, 9.17) is 16.3 Å². The van der Waals surface area contributed by atoms with Gasteiger partial charge < -0.3 is 4.74 Å². The summed E-state index contributed by atoms with van der Waals surface area (Å²) in [4.78, 5) is 17.8. The Labute approximate surface area is 166 Å². The zero-order valence-electron chi connectivity index (χ0n) is 15.0. The van der Waals surface area contributed by atoms with Gasteiger partial charge in [-0.1, -0.05) is 54.1 Å². The van der Waals surface area contributed by atoms with Gasteiger partial charge in [0.2, 0.25) is 0 Å². The lowest BCUT2D eigenvalue weighted by atomic mass is 10.2. The fraction of sp³-hybridized carbons (Fsp3) is 0.0455. The molecule has 6 heteroatoms. The van der Waals surface area contributed by atoms with Gasteiger partial charge in [-0.2, -0.15) is 9.78 Å². The van der Waals surface area contributed by atoms with Crippen molar-refractivity contribution in [3.05, 3.63) is 93.7 Å². The largest absolute Gasteiger partial charge is 0.496 e. The minimum Gasteiger partial charge on any atom is -0.496 e. The van der Waals surface area contributed by atoms with E-state index < -0.39 is 0 Å². The van der Waals surface area contributed by atoms with Gasteiger partial charge in [-0.25, -0.2) is 4.98 Å². The molecule has 1 aromatic heterocycles. The molecule has 4 aromatic rings. The van der Waals surface area contributed by atoms with Gasteiger partial charge in [0.15, 0.2) is 5.82 Å². The van der Waals surface area contributed by atoms with Crippen LogP contribution in [0.1, 0.15) is 5.56 Å². The van der Waals surface area contributed by atoms with Gasteiger partial charge in [0.25, 0.3) is 5.56 Å². The predicted octanol–water partition coefficient (Wildman–Crippen LogP) is 4.61. The maximum atomic E-state index is 13.1. The van der Waals surface area contributed by atoms with E-state index in [-0.39, 0.29) is 5.56 Å². The predicted molar refractivity (Wildman–Crippen MR) is 112 cm³/mol. The molecule has 138 valence electrons. The number of fused-ring (bicyclic) bond motifs is 1. The molecule has 1 heterocycles. The molecule has 4 rings (SSSR count). The van der Waals surface area contributed by atoms with Gasteiger partial charge in [-0.3, -0.25) is 4.79 Å². The first kappa shape index (κ1) is 17.9. The van der Waals surface area contributed by atoms with E-state index in [0.29, 0.717) is 33.1 Å². The molecule has 0 aliphatic rings. The maximum absolute atomic E-state index is 13.1. The highest BCUT2D eigenvalue weighted by atomic mass is 35.5. The Morgan fingerprint density at radius 3 is 2.57 bits per heavy atom. The monoisotopic (exact) mass is 389 g/mol. The molecule has 28 heavy (non-hydrogen) atoms. The Kier molecular flexibility index (Phi) is 4.91. The third kappa shape index (κ3) is 3.40. The average molecular weight is 390 g/mol. The fourth-order valence-electron chi connectivity index (χ4n) is 2.93. The standard InChI is InChI=1S/C22H16ClN3O2/c1-28-20-12-11-17(23)13-16(20)14-24-26-21(15-7-3-2-4-8-15)25-19-10-6-5-9-18(19)22(26)27/h2-14H,1H3. The third-order valence-electron chi connectivity index (χ3n) is 4.29. The first-order valence-electron chi connectivity index (χ1n) is 8.62. The van der Waals surface area contributed by atoms with Crippen molar-refractivity contribution < 1.29 is 4.74 Å². The molecular weight excluding hydrogens is 374 g/mol. The van der Waals surface area contributed by atoms with Gasteiger partial charge in [0, 0.05) is 16.1 Å². The first-order valence-corrected chi connectivity index (χ1v) is 9.00. The molecule has 0 fully saturated rings. The molecule has 5 nitrogen and oxygen atoms in total. The molecule has 0 saturated heterocycles. The zero-order chi connectivity index (χ0) is 19.5. The van der Waals surface area contributed by atoms with Gasteiger partial charge in [0.05, 0.1) is 24.2 Å². The molecule has 0 aliphatic carbocycles. The summed E-state index contributed by atoms with van der Waals surface area (Å²) in [7, 11) is 1.57. The second kappa shape index (κ2) is 7.66. The molecule has 0 saturated carbocycles. The highest BCUT2D eigenvalue weighted by molar-refractivity contribution is 6.30. The molecule has 0 amide bonds. The highest BCUT2D eigenvalue weighted by Crippen LogP contribution is 2.22. The summed E-state index contributed by atoms with van der Waals surface area (Å²) in [6.45, 7) is 0. The van der Waals surface area contributed by atoms with Gasteiger partial charge in [0.1, 0.15) is 5.75 Å². The lowest BCUT2D eigenvalue weighted by Gasteiger charge is -2.10. The Morgan fingerprint density at radius 1 is 1.04 bits per heavy atom. The summed E-state index contributed by atoms with van der Waals surface area (Å²) in [5.74, 6) is 1.07. The minimum absolute atomic E-state index is 0.248. The van der Waals surface area contributed by atoms with Gasteiger partial charge >= 0.3 is 0 Å². The molecule has 0 unspecified atom stereocenters. The Hall–Kier alpha value is -3.44. The Morgan fingerprint density at radius 2 is 1.79 bits per heavy atom. The SMILES string of the molecule is COc1ccc(Cl)cc1C=Nn1c(-c2ccccc2)nc2ccccc2c1=O. The van der Waals surface area contributed by atoms with Crippen LogP contribution in [0.5, 0.6) is 5.75 Å². The van der Waals surface area contributed by atoms with E-state index in [9.17, 15) is 4.79 Å². The maximum Gasteiger partial charge on any atom is 0.282 e. The van der Waals surface area contributed by atoms with Crippen molar-refractivity contribution in [1.82, 2.24) is 9.66 Å². The molecule has 0 aliphatic heterocycles. The molecule has 0 N–H and O–H groups in total. The fourth-order valence-corrected chi connectivity index (χ4v) is 3.11. The van der Waals surface area contributed by atoms with E-state index in [0.717, 1.165) is 5.56 Å². The van der Waals surface area contributed by atoms with Crippen molar-refractivity contribution in [2.45, 2.75) is 0 Å². The van der Waals surface area contributed by atoms with Crippen LogP contribution in [0.15, 0.2) is 82.7 Å². The second-order valence-electron chi connectivity index (χ2n) is 6.07. The summed E-state index contributed by atoms with van der Waals surface area (Å²) in [6.07, 6.45) is 1.55. The van der Waals surface area contributed by atoms with Crippen LogP contribution in [-0.2, 0) is 0 Å². The Bertz CT molecular complexity index is 1230. The van der Waals surface area contributed by atoms with Gasteiger partial charge in [-0.15, -0.1) is 0 Å². The number of hydrogen-bond donors (Lipinski definition) is 0. The number of methoxy groups -OCH3 is 1. The lowest BCUT2D eigenvalue weighted by molar-refractivity contribution is 0.414. The summed E-state index contributed by atoms with van der Waals surface area (Å²) < 4.78 is 6.65. The second-order valence-corrected chi connectivity index (χ2v) is 6.50. The van der Waals surface area contributed by atoms with Crippen molar-refractivity contribution in [2.24, 2.45) is 5.10 Å². The topological polar surface area (TPSA) is 56.5 Å². The van der Waals surface area contributed by atoms with Crippen molar-refractivity contribution in [2.75, 3.05) is 7.11 Å².